The fraction of sp³-hybridized carbons (Fsp3) is 0.263. The Morgan fingerprint density at radius 2 is 1.67 bits per heavy atom. The van der Waals surface area contributed by atoms with Gasteiger partial charge in [-0.3, -0.25) is 4.90 Å². The second-order valence-corrected chi connectivity index (χ2v) is 7.63. The van der Waals surface area contributed by atoms with Gasteiger partial charge in [-0.05, 0) is 30.3 Å². The Hall–Kier alpha value is -1.75. The molecule has 0 amide bonds. The molecule has 2 aromatic carbocycles. The highest BCUT2D eigenvalue weighted by molar-refractivity contribution is 7.19. The Bertz CT molecular complexity index is 838. The number of hydrogen-bond donors (Lipinski definition) is 1. The van der Waals surface area contributed by atoms with Gasteiger partial charge < -0.3 is 10.0 Å². The molecule has 0 unspecified atom stereocenters. The summed E-state index contributed by atoms with van der Waals surface area (Å²) in [6.45, 7) is 4.94. The van der Waals surface area contributed by atoms with Gasteiger partial charge in [-0.2, -0.15) is 0 Å². The number of nitrogens with zero attached hydrogens (tertiary/aromatic N) is 2. The molecule has 1 fully saturated rings. The van der Waals surface area contributed by atoms with Crippen LogP contribution in [0, 0.1) is 0 Å². The SMILES string of the molecule is Oc1ccc(N2CCN(Cc3sc4ccccc4c3Cl)CC2)cc1. The highest BCUT2D eigenvalue weighted by Crippen LogP contribution is 2.36. The van der Waals surface area contributed by atoms with Crippen LogP contribution in [0.3, 0.4) is 0 Å². The first-order chi connectivity index (χ1) is 11.7. The predicted octanol–water partition coefficient (Wildman–Crippen LogP) is 4.58. The first-order valence-corrected chi connectivity index (χ1v) is 9.32. The average molecular weight is 359 g/mol. The van der Waals surface area contributed by atoms with Crippen molar-refractivity contribution < 1.29 is 5.11 Å². The third-order valence-corrected chi connectivity index (χ3v) is 6.26. The molecule has 24 heavy (non-hydrogen) atoms. The number of aromatic hydroxyl groups is 1. The number of hydrogen-bond acceptors (Lipinski definition) is 4. The van der Waals surface area contributed by atoms with Crippen LogP contribution < -0.4 is 4.90 Å². The van der Waals surface area contributed by atoms with Gasteiger partial charge in [0.15, 0.2) is 0 Å². The van der Waals surface area contributed by atoms with E-state index >= 15 is 0 Å². The van der Waals surface area contributed by atoms with Gasteiger partial charge in [-0.15, -0.1) is 11.3 Å². The number of phenols is 1. The average Bonchev–Trinajstić information content (AvgIpc) is 2.93. The minimum Gasteiger partial charge on any atom is -0.508 e. The monoisotopic (exact) mass is 358 g/mol. The molecule has 2 heterocycles. The Kier molecular flexibility index (Phi) is 4.35. The molecule has 1 aliphatic rings. The lowest BCUT2D eigenvalue weighted by molar-refractivity contribution is 0.252. The zero-order valence-corrected chi connectivity index (χ0v) is 14.9. The van der Waals surface area contributed by atoms with Crippen LogP contribution in [0.2, 0.25) is 5.02 Å². The number of rotatable bonds is 3. The predicted molar refractivity (Wildman–Crippen MR) is 102 cm³/mol. The normalized spacial score (nSPS) is 16.0. The van der Waals surface area contributed by atoms with Gasteiger partial charge >= 0.3 is 0 Å². The van der Waals surface area contributed by atoms with Crippen molar-refractivity contribution >= 4 is 38.7 Å². The molecular weight excluding hydrogens is 340 g/mol. The molecule has 1 saturated heterocycles. The second kappa shape index (κ2) is 6.63. The topological polar surface area (TPSA) is 26.7 Å². The minimum absolute atomic E-state index is 0.316. The maximum absolute atomic E-state index is 9.41. The summed E-state index contributed by atoms with van der Waals surface area (Å²) in [6.07, 6.45) is 0. The minimum atomic E-state index is 0.316. The molecule has 0 aliphatic carbocycles. The van der Waals surface area contributed by atoms with Crippen molar-refractivity contribution in [2.24, 2.45) is 0 Å². The van der Waals surface area contributed by atoms with Crippen molar-refractivity contribution in [2.45, 2.75) is 6.54 Å². The summed E-state index contributed by atoms with van der Waals surface area (Å²) in [7, 11) is 0. The number of phenolic OH excluding ortho intramolecular Hbond substituents is 1. The fourth-order valence-electron chi connectivity index (χ4n) is 3.20. The first kappa shape index (κ1) is 15.8. The largest absolute Gasteiger partial charge is 0.508 e. The number of benzene rings is 2. The quantitative estimate of drug-likeness (QED) is 0.742. The fourth-order valence-corrected chi connectivity index (χ4v) is 4.73. The van der Waals surface area contributed by atoms with E-state index in [1.807, 2.05) is 18.2 Å². The Morgan fingerprint density at radius 3 is 2.38 bits per heavy atom. The van der Waals surface area contributed by atoms with Gasteiger partial charge in [0.05, 0.1) is 5.02 Å². The molecule has 0 spiro atoms. The summed E-state index contributed by atoms with van der Waals surface area (Å²) >= 11 is 8.37. The molecule has 0 radical (unpaired) electrons. The molecule has 1 N–H and O–H groups in total. The maximum Gasteiger partial charge on any atom is 0.115 e. The Labute approximate surface area is 150 Å². The summed E-state index contributed by atoms with van der Waals surface area (Å²) < 4.78 is 1.26. The highest BCUT2D eigenvalue weighted by Gasteiger charge is 2.19. The third kappa shape index (κ3) is 3.09. The van der Waals surface area contributed by atoms with Crippen molar-refractivity contribution in [3.8, 4) is 5.75 Å². The molecule has 3 nitrogen and oxygen atoms in total. The van der Waals surface area contributed by atoms with Crippen molar-refractivity contribution in [1.82, 2.24) is 4.90 Å². The van der Waals surface area contributed by atoms with E-state index in [0.717, 1.165) is 37.7 Å². The molecule has 4 rings (SSSR count). The molecule has 1 aromatic heterocycles. The van der Waals surface area contributed by atoms with Gasteiger partial charge in [-0.25, -0.2) is 0 Å². The number of thiophene rings is 1. The van der Waals surface area contributed by atoms with E-state index in [1.54, 1.807) is 23.5 Å². The molecular formula is C19H19ClN2OS. The number of fused-ring (bicyclic) bond motifs is 1. The van der Waals surface area contributed by atoms with E-state index in [2.05, 4.69) is 28.0 Å². The standard InChI is InChI=1S/C19H19ClN2OS/c20-19-16-3-1-2-4-17(16)24-18(19)13-21-9-11-22(12-10-21)14-5-7-15(23)8-6-14/h1-8,23H,9-13H2. The van der Waals surface area contributed by atoms with Crippen LogP contribution in [0.15, 0.2) is 48.5 Å². The van der Waals surface area contributed by atoms with E-state index in [1.165, 1.54) is 20.7 Å². The van der Waals surface area contributed by atoms with Crippen molar-refractivity contribution in [3.05, 3.63) is 58.4 Å². The molecule has 5 heteroatoms. The summed E-state index contributed by atoms with van der Waals surface area (Å²) in [5.74, 6) is 0.316. The van der Waals surface area contributed by atoms with Crippen molar-refractivity contribution in [3.63, 3.8) is 0 Å². The van der Waals surface area contributed by atoms with Crippen LogP contribution in [0.1, 0.15) is 4.88 Å². The van der Waals surface area contributed by atoms with Crippen molar-refractivity contribution in [1.29, 1.82) is 0 Å². The lowest BCUT2D eigenvalue weighted by Crippen LogP contribution is -2.45. The zero-order chi connectivity index (χ0) is 16.5. The zero-order valence-electron chi connectivity index (χ0n) is 13.3. The Balaban J connectivity index is 1.42. The van der Waals surface area contributed by atoms with E-state index < -0.39 is 0 Å². The Morgan fingerprint density at radius 1 is 0.958 bits per heavy atom. The van der Waals surface area contributed by atoms with Crippen LogP contribution in [-0.4, -0.2) is 36.2 Å². The lowest BCUT2D eigenvalue weighted by atomic mass is 10.2. The van der Waals surface area contributed by atoms with Crippen LogP contribution >= 0.6 is 22.9 Å². The van der Waals surface area contributed by atoms with E-state index in [9.17, 15) is 5.11 Å². The van der Waals surface area contributed by atoms with Crippen LogP contribution in [-0.2, 0) is 6.54 Å². The highest BCUT2D eigenvalue weighted by atomic mass is 35.5. The van der Waals surface area contributed by atoms with E-state index in [4.69, 9.17) is 11.6 Å². The van der Waals surface area contributed by atoms with Gasteiger partial charge in [0, 0.05) is 53.4 Å². The van der Waals surface area contributed by atoms with E-state index in [-0.39, 0.29) is 0 Å². The molecule has 124 valence electrons. The summed E-state index contributed by atoms with van der Waals surface area (Å²) in [5.41, 5.74) is 1.17. The lowest BCUT2D eigenvalue weighted by Gasteiger charge is -2.36. The number of anilines is 1. The molecule has 0 saturated carbocycles. The summed E-state index contributed by atoms with van der Waals surface area (Å²) in [5, 5.41) is 11.5. The first-order valence-electron chi connectivity index (χ1n) is 8.13. The molecule has 0 atom stereocenters. The smallest absolute Gasteiger partial charge is 0.115 e. The van der Waals surface area contributed by atoms with Crippen LogP contribution in [0.25, 0.3) is 10.1 Å². The molecule has 3 aromatic rings. The summed E-state index contributed by atoms with van der Waals surface area (Å²) in [4.78, 5) is 6.09. The second-order valence-electron chi connectivity index (χ2n) is 6.11. The third-order valence-electron chi connectivity index (χ3n) is 4.56. The maximum atomic E-state index is 9.41. The van der Waals surface area contributed by atoms with Gasteiger partial charge in [0.1, 0.15) is 5.75 Å². The van der Waals surface area contributed by atoms with Gasteiger partial charge in [-0.1, -0.05) is 29.8 Å². The molecule has 1 aliphatic heterocycles. The number of piperazine rings is 1. The molecule has 0 bridgehead atoms. The number of halogens is 1. The summed E-state index contributed by atoms with van der Waals surface area (Å²) in [6, 6.07) is 15.8. The van der Waals surface area contributed by atoms with E-state index in [0.29, 0.717) is 5.75 Å². The van der Waals surface area contributed by atoms with Crippen molar-refractivity contribution in [2.75, 3.05) is 31.1 Å². The van der Waals surface area contributed by atoms with Crippen LogP contribution in [0.5, 0.6) is 5.75 Å². The van der Waals surface area contributed by atoms with Gasteiger partial charge in [0.2, 0.25) is 0 Å². The van der Waals surface area contributed by atoms with Crippen LogP contribution in [0.4, 0.5) is 5.69 Å². The van der Waals surface area contributed by atoms with Gasteiger partial charge in [0.25, 0.3) is 0 Å².